The molecule has 0 spiro atoms. The lowest BCUT2D eigenvalue weighted by molar-refractivity contribution is -0.122. The number of rotatable bonds is 8. The van der Waals surface area contributed by atoms with Gasteiger partial charge < -0.3 is 10.1 Å². The minimum atomic E-state index is -3.79. The standard InChI is InChI=1S/C23H23ClN2O4S/c1-3-22(30-20-9-4-6-16(2)14-20)23(27)25-18-10-12-21(13-11-18)31(28,29)26-19-8-5-7-17(24)15-19/h4-15,22,26H,3H2,1-2H3,(H,25,27). The van der Waals surface area contributed by atoms with Gasteiger partial charge in [-0.1, -0.05) is 36.7 Å². The van der Waals surface area contributed by atoms with Crippen LogP contribution in [-0.4, -0.2) is 20.4 Å². The second kappa shape index (κ2) is 9.85. The molecule has 6 nitrogen and oxygen atoms in total. The number of ether oxygens (including phenoxy) is 1. The van der Waals surface area contributed by atoms with Crippen molar-refractivity contribution in [3.05, 3.63) is 83.4 Å². The summed E-state index contributed by atoms with van der Waals surface area (Å²) in [7, 11) is -3.79. The number of hydrogen-bond donors (Lipinski definition) is 2. The van der Waals surface area contributed by atoms with E-state index in [0.717, 1.165) is 5.56 Å². The summed E-state index contributed by atoms with van der Waals surface area (Å²) in [5.41, 5.74) is 1.87. The van der Waals surface area contributed by atoms with Crippen LogP contribution in [0.3, 0.4) is 0 Å². The molecule has 1 amide bonds. The van der Waals surface area contributed by atoms with Gasteiger partial charge in [-0.15, -0.1) is 0 Å². The summed E-state index contributed by atoms with van der Waals surface area (Å²) < 4.78 is 33.4. The highest BCUT2D eigenvalue weighted by molar-refractivity contribution is 7.92. The highest BCUT2D eigenvalue weighted by Crippen LogP contribution is 2.21. The van der Waals surface area contributed by atoms with Crippen molar-refractivity contribution in [1.29, 1.82) is 0 Å². The van der Waals surface area contributed by atoms with Gasteiger partial charge in [0, 0.05) is 10.7 Å². The highest BCUT2D eigenvalue weighted by Gasteiger charge is 2.19. The van der Waals surface area contributed by atoms with Crippen molar-refractivity contribution in [1.82, 2.24) is 0 Å². The van der Waals surface area contributed by atoms with Crippen LogP contribution in [0.4, 0.5) is 11.4 Å². The Morgan fingerprint density at radius 2 is 1.71 bits per heavy atom. The SMILES string of the molecule is CCC(Oc1cccc(C)c1)C(=O)Nc1ccc(S(=O)(=O)Nc2cccc(Cl)c2)cc1. The van der Waals surface area contributed by atoms with Gasteiger partial charge in [0.2, 0.25) is 0 Å². The minimum absolute atomic E-state index is 0.0635. The van der Waals surface area contributed by atoms with Gasteiger partial charge in [0.05, 0.1) is 10.6 Å². The Balaban J connectivity index is 1.67. The Bertz CT molecular complexity index is 1160. The number of benzene rings is 3. The highest BCUT2D eigenvalue weighted by atomic mass is 35.5. The van der Waals surface area contributed by atoms with Crippen molar-refractivity contribution in [3.8, 4) is 5.75 Å². The quantitative estimate of drug-likeness (QED) is 0.483. The van der Waals surface area contributed by atoms with Crippen molar-refractivity contribution >= 4 is 38.9 Å². The van der Waals surface area contributed by atoms with Gasteiger partial charge in [-0.2, -0.15) is 0 Å². The summed E-state index contributed by atoms with van der Waals surface area (Å²) in [5.74, 6) is 0.312. The van der Waals surface area contributed by atoms with Crippen LogP contribution in [0, 0.1) is 6.92 Å². The fourth-order valence-electron chi connectivity index (χ4n) is 2.88. The summed E-state index contributed by atoms with van der Waals surface area (Å²) in [6, 6.07) is 19.8. The molecule has 2 N–H and O–H groups in total. The van der Waals surface area contributed by atoms with Crippen LogP contribution in [-0.2, 0) is 14.8 Å². The van der Waals surface area contributed by atoms with E-state index in [1.807, 2.05) is 32.0 Å². The van der Waals surface area contributed by atoms with Gasteiger partial charge in [0.25, 0.3) is 15.9 Å². The van der Waals surface area contributed by atoms with E-state index in [-0.39, 0.29) is 10.8 Å². The normalized spacial score (nSPS) is 12.1. The number of hydrogen-bond acceptors (Lipinski definition) is 4. The molecule has 0 saturated heterocycles. The molecule has 3 aromatic rings. The predicted octanol–water partition coefficient (Wildman–Crippen LogP) is 5.25. The van der Waals surface area contributed by atoms with E-state index in [2.05, 4.69) is 10.0 Å². The fourth-order valence-corrected chi connectivity index (χ4v) is 4.12. The molecular formula is C23H23ClN2O4S. The zero-order valence-corrected chi connectivity index (χ0v) is 18.7. The lowest BCUT2D eigenvalue weighted by atomic mass is 10.2. The molecule has 0 fully saturated rings. The summed E-state index contributed by atoms with van der Waals surface area (Å²) in [4.78, 5) is 12.7. The average Bonchev–Trinajstić information content (AvgIpc) is 2.72. The molecule has 8 heteroatoms. The van der Waals surface area contributed by atoms with Crippen LogP contribution in [0.25, 0.3) is 0 Å². The summed E-state index contributed by atoms with van der Waals surface area (Å²) >= 11 is 5.90. The molecule has 0 radical (unpaired) electrons. The lowest BCUT2D eigenvalue weighted by Gasteiger charge is -2.18. The maximum atomic E-state index is 12.6. The fraction of sp³-hybridized carbons (Fsp3) is 0.174. The first-order valence-electron chi connectivity index (χ1n) is 9.69. The molecular weight excluding hydrogens is 436 g/mol. The largest absolute Gasteiger partial charge is 0.481 e. The van der Waals surface area contributed by atoms with E-state index < -0.39 is 16.1 Å². The number of nitrogens with one attached hydrogen (secondary N) is 2. The van der Waals surface area contributed by atoms with Crippen molar-refractivity contribution in [2.75, 3.05) is 10.0 Å². The van der Waals surface area contributed by atoms with Gasteiger partial charge in [0.15, 0.2) is 6.10 Å². The average molecular weight is 459 g/mol. The molecule has 0 aliphatic carbocycles. The molecule has 3 rings (SSSR count). The third-order valence-electron chi connectivity index (χ3n) is 4.44. The van der Waals surface area contributed by atoms with E-state index in [1.165, 1.54) is 30.3 Å². The van der Waals surface area contributed by atoms with Gasteiger partial charge in [-0.3, -0.25) is 9.52 Å². The third-order valence-corrected chi connectivity index (χ3v) is 6.07. The summed E-state index contributed by atoms with van der Waals surface area (Å²) in [5, 5.41) is 3.19. The maximum absolute atomic E-state index is 12.6. The van der Waals surface area contributed by atoms with E-state index >= 15 is 0 Å². The zero-order valence-electron chi connectivity index (χ0n) is 17.1. The number of sulfonamides is 1. The van der Waals surface area contributed by atoms with Crippen LogP contribution in [0.2, 0.25) is 5.02 Å². The number of amides is 1. The Hall–Kier alpha value is -3.03. The predicted molar refractivity (Wildman–Crippen MR) is 123 cm³/mol. The Morgan fingerprint density at radius 1 is 1.00 bits per heavy atom. The smallest absolute Gasteiger partial charge is 0.265 e. The Morgan fingerprint density at radius 3 is 2.35 bits per heavy atom. The molecule has 31 heavy (non-hydrogen) atoms. The number of carbonyl (C=O) groups is 1. The molecule has 0 heterocycles. The maximum Gasteiger partial charge on any atom is 0.265 e. The van der Waals surface area contributed by atoms with Crippen molar-refractivity contribution < 1.29 is 17.9 Å². The molecule has 0 aromatic heterocycles. The first kappa shape index (κ1) is 22.7. The van der Waals surface area contributed by atoms with Crippen molar-refractivity contribution in [3.63, 3.8) is 0 Å². The number of halogens is 1. The molecule has 0 aliphatic heterocycles. The van der Waals surface area contributed by atoms with Crippen LogP contribution >= 0.6 is 11.6 Å². The van der Waals surface area contributed by atoms with Crippen molar-refractivity contribution in [2.24, 2.45) is 0 Å². The Labute approximate surface area is 187 Å². The third kappa shape index (κ3) is 6.23. The van der Waals surface area contributed by atoms with Crippen LogP contribution in [0.1, 0.15) is 18.9 Å². The van der Waals surface area contributed by atoms with E-state index in [0.29, 0.717) is 28.6 Å². The number of carbonyl (C=O) groups excluding carboxylic acids is 1. The minimum Gasteiger partial charge on any atom is -0.481 e. The van der Waals surface area contributed by atoms with Gasteiger partial charge in [0.1, 0.15) is 5.75 Å². The molecule has 1 unspecified atom stereocenters. The van der Waals surface area contributed by atoms with Crippen molar-refractivity contribution in [2.45, 2.75) is 31.3 Å². The first-order chi connectivity index (χ1) is 14.8. The van der Waals surface area contributed by atoms with Crippen LogP contribution in [0.15, 0.2) is 77.7 Å². The zero-order chi connectivity index (χ0) is 22.4. The van der Waals surface area contributed by atoms with Gasteiger partial charge in [-0.05, 0) is 73.5 Å². The Kier molecular flexibility index (Phi) is 7.20. The molecule has 1 atom stereocenters. The lowest BCUT2D eigenvalue weighted by Crippen LogP contribution is -2.32. The molecule has 162 valence electrons. The van der Waals surface area contributed by atoms with Gasteiger partial charge in [-0.25, -0.2) is 8.42 Å². The van der Waals surface area contributed by atoms with Crippen LogP contribution in [0.5, 0.6) is 5.75 Å². The van der Waals surface area contributed by atoms with Gasteiger partial charge >= 0.3 is 0 Å². The van der Waals surface area contributed by atoms with E-state index in [1.54, 1.807) is 24.3 Å². The number of aryl methyl sites for hydroxylation is 1. The first-order valence-corrected chi connectivity index (χ1v) is 11.6. The topological polar surface area (TPSA) is 84.5 Å². The summed E-state index contributed by atoms with van der Waals surface area (Å²) in [6.07, 6.45) is -0.190. The number of anilines is 2. The molecule has 3 aromatic carbocycles. The second-order valence-electron chi connectivity index (χ2n) is 6.96. The molecule has 0 aliphatic rings. The second-order valence-corrected chi connectivity index (χ2v) is 9.08. The molecule has 0 saturated carbocycles. The monoisotopic (exact) mass is 458 g/mol. The summed E-state index contributed by atoms with van der Waals surface area (Å²) in [6.45, 7) is 3.81. The molecule has 0 bridgehead atoms. The van der Waals surface area contributed by atoms with E-state index in [9.17, 15) is 13.2 Å². The van der Waals surface area contributed by atoms with E-state index in [4.69, 9.17) is 16.3 Å². The van der Waals surface area contributed by atoms with Crippen LogP contribution < -0.4 is 14.8 Å².